The molecular weight excluding hydrogens is 317 g/mol. The van der Waals surface area contributed by atoms with Gasteiger partial charge in [-0.3, -0.25) is 9.63 Å². The summed E-state index contributed by atoms with van der Waals surface area (Å²) in [7, 11) is 0. The average molecular weight is 334 g/mol. The van der Waals surface area contributed by atoms with Crippen LogP contribution in [0.15, 0.2) is 48.5 Å². The quantitative estimate of drug-likeness (QED) is 0.475. The van der Waals surface area contributed by atoms with Crippen molar-refractivity contribution in [2.45, 2.75) is 12.8 Å². The van der Waals surface area contributed by atoms with Crippen molar-refractivity contribution in [1.29, 1.82) is 0 Å². The van der Waals surface area contributed by atoms with Crippen molar-refractivity contribution in [3.8, 4) is 11.1 Å². The zero-order chi connectivity index (χ0) is 17.5. The molecule has 2 aromatic rings. The first kappa shape index (κ1) is 18.0. The normalized spacial score (nSPS) is 12.2. The summed E-state index contributed by atoms with van der Waals surface area (Å²) in [6.07, 6.45) is 0. The Balaban J connectivity index is 2.01. The van der Waals surface area contributed by atoms with Gasteiger partial charge in [0.15, 0.2) is 0 Å². The van der Waals surface area contributed by atoms with Crippen LogP contribution in [-0.2, 0) is 14.4 Å². The Morgan fingerprint density at radius 1 is 1.25 bits per heavy atom. The van der Waals surface area contributed by atoms with Crippen LogP contribution in [0.2, 0.25) is 0 Å². The van der Waals surface area contributed by atoms with Crippen LogP contribution in [0.4, 0.5) is 4.39 Å². The van der Waals surface area contributed by atoms with Crippen molar-refractivity contribution >= 4 is 5.97 Å². The molecule has 24 heavy (non-hydrogen) atoms. The number of rotatable bonds is 7. The SMILES string of the molecule is C[C@H](C(=O)OCCON([O-])O)c1ccc(-c2ccccc2)c(F)c1. The molecular formula is C17H17FNO5-. The Labute approximate surface area is 138 Å². The highest BCUT2D eigenvalue weighted by molar-refractivity contribution is 5.78. The second kappa shape index (κ2) is 8.51. The highest BCUT2D eigenvalue weighted by atomic mass is 19.1. The maximum Gasteiger partial charge on any atom is 0.313 e. The second-order valence-corrected chi connectivity index (χ2v) is 5.07. The van der Waals surface area contributed by atoms with Crippen molar-refractivity contribution in [1.82, 2.24) is 5.39 Å². The van der Waals surface area contributed by atoms with Crippen molar-refractivity contribution in [2.75, 3.05) is 13.2 Å². The molecule has 1 N–H and O–H groups in total. The fraction of sp³-hybridized carbons (Fsp3) is 0.235. The summed E-state index contributed by atoms with van der Waals surface area (Å²) in [6, 6.07) is 13.7. The lowest BCUT2D eigenvalue weighted by Crippen LogP contribution is -2.19. The van der Waals surface area contributed by atoms with E-state index < -0.39 is 23.1 Å². The highest BCUT2D eigenvalue weighted by Crippen LogP contribution is 2.26. The third-order valence-electron chi connectivity index (χ3n) is 3.46. The molecule has 0 spiro atoms. The largest absolute Gasteiger partial charge is 0.738 e. The molecule has 0 saturated carbocycles. The van der Waals surface area contributed by atoms with E-state index in [0.717, 1.165) is 5.56 Å². The van der Waals surface area contributed by atoms with Crippen molar-refractivity contribution in [2.24, 2.45) is 0 Å². The Kier molecular flexibility index (Phi) is 6.39. The first-order chi connectivity index (χ1) is 11.5. The molecule has 0 aliphatic carbocycles. The van der Waals surface area contributed by atoms with E-state index in [-0.39, 0.29) is 13.2 Å². The van der Waals surface area contributed by atoms with Gasteiger partial charge >= 0.3 is 5.97 Å². The standard InChI is InChI=1S/C17H17FNO5/c1-12(17(20)23-9-10-24-19(21)22)14-7-8-15(16(18)11-14)13-5-3-2-4-6-13/h2-8,11-12,21H,9-10H2,1H3/q-1/t12-/m0/s1. The predicted octanol–water partition coefficient (Wildman–Crippen LogP) is 3.26. The van der Waals surface area contributed by atoms with Gasteiger partial charge in [-0.2, -0.15) is 0 Å². The summed E-state index contributed by atoms with van der Waals surface area (Å²) in [5, 5.41) is 17.6. The summed E-state index contributed by atoms with van der Waals surface area (Å²) < 4.78 is 19.2. The molecule has 7 heteroatoms. The van der Waals surface area contributed by atoms with E-state index in [9.17, 15) is 14.4 Å². The molecule has 1 atom stereocenters. The second-order valence-electron chi connectivity index (χ2n) is 5.07. The van der Waals surface area contributed by atoms with E-state index >= 15 is 0 Å². The van der Waals surface area contributed by atoms with Crippen LogP contribution in [0.5, 0.6) is 0 Å². The lowest BCUT2D eigenvalue weighted by atomic mass is 9.97. The first-order valence-corrected chi connectivity index (χ1v) is 7.29. The smallest absolute Gasteiger partial charge is 0.313 e. The zero-order valence-electron chi connectivity index (χ0n) is 13.0. The number of hydrogen-bond donors (Lipinski definition) is 1. The first-order valence-electron chi connectivity index (χ1n) is 7.29. The van der Waals surface area contributed by atoms with E-state index in [4.69, 9.17) is 9.94 Å². The van der Waals surface area contributed by atoms with Gasteiger partial charge < -0.3 is 15.2 Å². The summed E-state index contributed by atoms with van der Waals surface area (Å²) in [5.74, 6) is -1.69. The molecule has 0 aliphatic heterocycles. The molecule has 0 bridgehead atoms. The molecule has 2 aromatic carbocycles. The lowest BCUT2D eigenvalue weighted by molar-refractivity contribution is -0.308. The molecule has 128 valence electrons. The molecule has 0 heterocycles. The minimum atomic E-state index is -0.713. The molecule has 0 fully saturated rings. The van der Waals surface area contributed by atoms with Gasteiger partial charge in [0.1, 0.15) is 19.0 Å². The van der Waals surface area contributed by atoms with E-state index in [2.05, 4.69) is 4.84 Å². The van der Waals surface area contributed by atoms with Gasteiger partial charge in [0.05, 0.1) is 5.92 Å². The minimum absolute atomic E-state index is 0.201. The van der Waals surface area contributed by atoms with E-state index in [1.54, 1.807) is 31.2 Å². The summed E-state index contributed by atoms with van der Waals surface area (Å²) >= 11 is 0. The molecule has 0 unspecified atom stereocenters. The van der Waals surface area contributed by atoms with Crippen molar-refractivity contribution in [3.05, 3.63) is 65.1 Å². The van der Waals surface area contributed by atoms with Crippen LogP contribution in [0.25, 0.3) is 11.1 Å². The minimum Gasteiger partial charge on any atom is -0.738 e. The Morgan fingerprint density at radius 3 is 2.58 bits per heavy atom. The number of benzene rings is 2. The monoisotopic (exact) mass is 334 g/mol. The molecule has 0 saturated heterocycles. The Hall–Kier alpha value is -2.32. The number of halogens is 1. The Morgan fingerprint density at radius 2 is 1.96 bits per heavy atom. The van der Waals surface area contributed by atoms with Gasteiger partial charge in [0, 0.05) is 5.56 Å². The zero-order valence-corrected chi connectivity index (χ0v) is 13.0. The maximum absolute atomic E-state index is 14.3. The summed E-state index contributed by atoms with van der Waals surface area (Å²) in [4.78, 5) is 16.1. The van der Waals surface area contributed by atoms with Gasteiger partial charge in [-0.25, -0.2) is 4.39 Å². The molecule has 0 aromatic heterocycles. The van der Waals surface area contributed by atoms with E-state index in [1.165, 1.54) is 6.07 Å². The average Bonchev–Trinajstić information content (AvgIpc) is 2.58. The number of ether oxygens (including phenoxy) is 1. The van der Waals surface area contributed by atoms with Crippen LogP contribution < -0.4 is 0 Å². The van der Waals surface area contributed by atoms with Crippen LogP contribution >= 0.6 is 0 Å². The topological polar surface area (TPSA) is 82.1 Å². The van der Waals surface area contributed by atoms with Gasteiger partial charge in [-0.05, 0) is 24.1 Å². The van der Waals surface area contributed by atoms with Gasteiger partial charge in [0.25, 0.3) is 0 Å². The van der Waals surface area contributed by atoms with Crippen molar-refractivity contribution in [3.63, 3.8) is 0 Å². The predicted molar refractivity (Wildman–Crippen MR) is 84.2 cm³/mol. The number of nitrogens with zero attached hydrogens (tertiary/aromatic N) is 1. The Bertz CT molecular complexity index is 678. The van der Waals surface area contributed by atoms with Crippen LogP contribution in [0.1, 0.15) is 18.4 Å². The molecule has 0 radical (unpaired) electrons. The number of carbonyl (C=O) groups excluding carboxylic acids is 1. The van der Waals surface area contributed by atoms with Gasteiger partial charge in [-0.15, -0.1) is 5.39 Å². The lowest BCUT2D eigenvalue weighted by Gasteiger charge is -2.18. The fourth-order valence-corrected chi connectivity index (χ4v) is 2.17. The highest BCUT2D eigenvalue weighted by Gasteiger charge is 2.18. The van der Waals surface area contributed by atoms with Crippen molar-refractivity contribution < 1.29 is 24.0 Å². The van der Waals surface area contributed by atoms with E-state index in [1.807, 2.05) is 18.2 Å². The van der Waals surface area contributed by atoms with Crippen LogP contribution in [-0.4, -0.2) is 29.8 Å². The molecule has 0 amide bonds. The maximum atomic E-state index is 14.3. The summed E-state index contributed by atoms with van der Waals surface area (Å²) in [5.41, 5.74) is 1.68. The van der Waals surface area contributed by atoms with Crippen LogP contribution in [0, 0.1) is 11.0 Å². The van der Waals surface area contributed by atoms with E-state index in [0.29, 0.717) is 11.1 Å². The van der Waals surface area contributed by atoms with Crippen LogP contribution in [0.3, 0.4) is 0 Å². The number of esters is 1. The third-order valence-corrected chi connectivity index (χ3v) is 3.46. The van der Waals surface area contributed by atoms with Gasteiger partial charge in [0.2, 0.25) is 0 Å². The third kappa shape index (κ3) is 4.84. The summed E-state index contributed by atoms with van der Waals surface area (Å²) in [6.45, 7) is 1.11. The fourth-order valence-electron chi connectivity index (χ4n) is 2.17. The molecule has 2 rings (SSSR count). The molecule has 6 nitrogen and oxygen atoms in total. The van der Waals surface area contributed by atoms with Gasteiger partial charge in [-0.1, -0.05) is 42.5 Å². The number of carbonyl (C=O) groups is 1. The number of hydrogen-bond acceptors (Lipinski definition) is 6. The molecule has 0 aliphatic rings.